The Morgan fingerprint density at radius 1 is 1.11 bits per heavy atom. The molecule has 1 N–H and O–H groups in total. The molecule has 0 aromatic heterocycles. The zero-order chi connectivity index (χ0) is 19.4. The number of rotatable bonds is 5. The number of hydrogen-bond acceptors (Lipinski definition) is 3. The van der Waals surface area contributed by atoms with Crippen LogP contribution in [0.15, 0.2) is 59.7 Å². The Labute approximate surface area is 167 Å². The predicted molar refractivity (Wildman–Crippen MR) is 111 cm³/mol. The monoisotopic (exact) mass is 400 g/mol. The van der Waals surface area contributed by atoms with Crippen LogP contribution in [-0.4, -0.2) is 18.2 Å². The van der Waals surface area contributed by atoms with Gasteiger partial charge in [-0.25, -0.2) is 5.43 Å². The van der Waals surface area contributed by atoms with Gasteiger partial charge in [0.25, 0.3) is 5.91 Å². The van der Waals surface area contributed by atoms with Crippen LogP contribution in [0.2, 0.25) is 10.0 Å². The van der Waals surface area contributed by atoms with Crippen LogP contribution in [0, 0.1) is 0 Å². The van der Waals surface area contributed by atoms with Gasteiger partial charge < -0.3 is 4.74 Å². The molecule has 0 atom stereocenters. The summed E-state index contributed by atoms with van der Waals surface area (Å²) in [6.45, 7) is 3.92. The molecule has 0 heterocycles. The van der Waals surface area contributed by atoms with Crippen molar-refractivity contribution in [2.24, 2.45) is 5.10 Å². The molecule has 27 heavy (non-hydrogen) atoms. The van der Waals surface area contributed by atoms with Crippen LogP contribution >= 0.6 is 23.2 Å². The smallest absolute Gasteiger partial charge is 0.272 e. The van der Waals surface area contributed by atoms with E-state index in [0.717, 1.165) is 16.3 Å². The van der Waals surface area contributed by atoms with E-state index < -0.39 is 5.91 Å². The first-order chi connectivity index (χ1) is 13.0. The second-order valence-corrected chi connectivity index (χ2v) is 7.03. The maximum Gasteiger partial charge on any atom is 0.272 e. The number of amides is 1. The molecule has 0 bridgehead atoms. The number of halogens is 2. The molecule has 0 radical (unpaired) electrons. The van der Waals surface area contributed by atoms with Crippen molar-refractivity contribution >= 4 is 46.1 Å². The lowest BCUT2D eigenvalue weighted by Gasteiger charge is -2.14. The molecule has 6 heteroatoms. The van der Waals surface area contributed by atoms with Gasteiger partial charge in [0.1, 0.15) is 5.75 Å². The minimum Gasteiger partial charge on any atom is -0.490 e. The van der Waals surface area contributed by atoms with E-state index in [0.29, 0.717) is 16.3 Å². The van der Waals surface area contributed by atoms with Gasteiger partial charge in [0.15, 0.2) is 0 Å². The summed E-state index contributed by atoms with van der Waals surface area (Å²) in [6, 6.07) is 16.5. The van der Waals surface area contributed by atoms with Gasteiger partial charge in [-0.2, -0.15) is 5.10 Å². The number of carbonyl (C=O) groups is 1. The molecule has 0 saturated heterocycles. The molecule has 3 aromatic rings. The fraction of sp³-hybridized carbons (Fsp3) is 0.143. The van der Waals surface area contributed by atoms with E-state index in [-0.39, 0.29) is 11.1 Å². The van der Waals surface area contributed by atoms with Gasteiger partial charge in [-0.1, -0.05) is 53.5 Å². The van der Waals surface area contributed by atoms with Gasteiger partial charge in [0.2, 0.25) is 0 Å². The average molecular weight is 401 g/mol. The van der Waals surface area contributed by atoms with Crippen molar-refractivity contribution in [3.05, 3.63) is 75.8 Å². The van der Waals surface area contributed by atoms with Crippen molar-refractivity contribution in [3.8, 4) is 5.75 Å². The van der Waals surface area contributed by atoms with E-state index in [1.165, 1.54) is 6.07 Å². The van der Waals surface area contributed by atoms with Crippen LogP contribution in [0.25, 0.3) is 10.8 Å². The highest BCUT2D eigenvalue weighted by molar-refractivity contribution is 6.36. The molecule has 4 nitrogen and oxygen atoms in total. The molecule has 0 unspecified atom stereocenters. The third-order valence-electron chi connectivity index (χ3n) is 3.83. The first-order valence-corrected chi connectivity index (χ1v) is 9.18. The number of ether oxygens (including phenoxy) is 1. The largest absolute Gasteiger partial charge is 0.490 e. The minimum absolute atomic E-state index is 0.0146. The third kappa shape index (κ3) is 4.59. The molecule has 3 rings (SSSR count). The first-order valence-electron chi connectivity index (χ1n) is 8.42. The lowest BCUT2D eigenvalue weighted by Crippen LogP contribution is -2.18. The van der Waals surface area contributed by atoms with Gasteiger partial charge in [0.05, 0.1) is 22.9 Å². The van der Waals surface area contributed by atoms with Crippen molar-refractivity contribution < 1.29 is 9.53 Å². The van der Waals surface area contributed by atoms with Crippen molar-refractivity contribution in [3.63, 3.8) is 0 Å². The summed E-state index contributed by atoms with van der Waals surface area (Å²) in [5.74, 6) is 0.283. The molecule has 0 fully saturated rings. The maximum absolute atomic E-state index is 12.3. The number of carbonyl (C=O) groups excluding carboxylic acids is 1. The molecule has 0 saturated carbocycles. The summed E-state index contributed by atoms with van der Waals surface area (Å²) < 4.78 is 5.89. The average Bonchev–Trinajstić information content (AvgIpc) is 2.62. The second kappa shape index (κ2) is 8.42. The van der Waals surface area contributed by atoms with Gasteiger partial charge in [-0.15, -0.1) is 0 Å². The van der Waals surface area contributed by atoms with Gasteiger partial charge in [-0.3, -0.25) is 4.79 Å². The van der Waals surface area contributed by atoms with Crippen molar-refractivity contribution in [2.45, 2.75) is 20.0 Å². The van der Waals surface area contributed by atoms with Crippen LogP contribution in [0.4, 0.5) is 0 Å². The van der Waals surface area contributed by atoms with E-state index in [4.69, 9.17) is 27.9 Å². The van der Waals surface area contributed by atoms with Crippen molar-refractivity contribution in [1.82, 2.24) is 5.43 Å². The SMILES string of the molecule is CC(C)Oc1ccc2ccccc2c1/C=N\NC(=O)c1ccc(Cl)cc1Cl. The van der Waals surface area contributed by atoms with Gasteiger partial charge >= 0.3 is 0 Å². The Hall–Kier alpha value is -2.56. The summed E-state index contributed by atoms with van der Waals surface area (Å²) in [5.41, 5.74) is 3.60. The topological polar surface area (TPSA) is 50.7 Å². The number of nitrogens with one attached hydrogen (secondary N) is 1. The zero-order valence-corrected chi connectivity index (χ0v) is 16.4. The van der Waals surface area contributed by atoms with E-state index in [1.54, 1.807) is 18.3 Å². The maximum atomic E-state index is 12.3. The van der Waals surface area contributed by atoms with Gasteiger partial charge in [0, 0.05) is 10.6 Å². The minimum atomic E-state index is -0.417. The molecule has 0 aliphatic heterocycles. The van der Waals surface area contributed by atoms with Crippen molar-refractivity contribution in [1.29, 1.82) is 0 Å². The lowest BCUT2D eigenvalue weighted by atomic mass is 10.0. The Morgan fingerprint density at radius 3 is 2.63 bits per heavy atom. The summed E-state index contributed by atoms with van der Waals surface area (Å²) in [6.07, 6.45) is 1.60. The van der Waals surface area contributed by atoms with E-state index >= 15 is 0 Å². The highest BCUT2D eigenvalue weighted by Crippen LogP contribution is 2.27. The van der Waals surface area contributed by atoms with Gasteiger partial charge in [-0.05, 0) is 48.9 Å². The predicted octanol–water partition coefficient (Wildman–Crippen LogP) is 5.70. The molecule has 0 aliphatic rings. The number of nitrogens with zero attached hydrogens (tertiary/aromatic N) is 1. The number of fused-ring (bicyclic) bond motifs is 1. The van der Waals surface area contributed by atoms with Crippen LogP contribution in [0.1, 0.15) is 29.8 Å². The van der Waals surface area contributed by atoms with Crippen LogP contribution in [0.5, 0.6) is 5.75 Å². The summed E-state index contributed by atoms with van der Waals surface area (Å²) in [7, 11) is 0. The molecular weight excluding hydrogens is 383 g/mol. The number of hydrogen-bond donors (Lipinski definition) is 1. The highest BCUT2D eigenvalue weighted by atomic mass is 35.5. The number of hydrazone groups is 1. The summed E-state index contributed by atoms with van der Waals surface area (Å²) in [5, 5.41) is 6.88. The van der Waals surface area contributed by atoms with Crippen LogP contribution < -0.4 is 10.2 Å². The number of benzene rings is 3. The molecule has 3 aromatic carbocycles. The quantitative estimate of drug-likeness (QED) is 0.441. The Kier molecular flexibility index (Phi) is 5.99. The fourth-order valence-corrected chi connectivity index (χ4v) is 3.15. The van der Waals surface area contributed by atoms with E-state index in [1.807, 2.05) is 50.2 Å². The molecule has 0 spiro atoms. The Morgan fingerprint density at radius 2 is 1.89 bits per heavy atom. The molecule has 1 amide bonds. The summed E-state index contributed by atoms with van der Waals surface area (Å²) >= 11 is 11.9. The first kappa shape index (κ1) is 19.2. The van der Waals surface area contributed by atoms with Crippen molar-refractivity contribution in [2.75, 3.05) is 0 Å². The zero-order valence-electron chi connectivity index (χ0n) is 14.9. The van der Waals surface area contributed by atoms with Crippen LogP contribution in [0.3, 0.4) is 0 Å². The van der Waals surface area contributed by atoms with Crippen LogP contribution in [-0.2, 0) is 0 Å². The fourth-order valence-electron chi connectivity index (χ4n) is 2.65. The molecule has 0 aliphatic carbocycles. The highest BCUT2D eigenvalue weighted by Gasteiger charge is 2.11. The molecule has 138 valence electrons. The second-order valence-electron chi connectivity index (χ2n) is 6.19. The Balaban J connectivity index is 1.89. The third-order valence-corrected chi connectivity index (χ3v) is 4.38. The standard InChI is InChI=1S/C21H18Cl2N2O2/c1-13(2)27-20-10-7-14-5-3-4-6-16(14)18(20)12-24-25-21(26)17-9-8-15(22)11-19(17)23/h3-13H,1-2H3,(H,25,26)/b24-12-. The Bertz CT molecular complexity index is 1020. The molecular formula is C21H18Cl2N2O2. The van der Waals surface area contributed by atoms with E-state index in [2.05, 4.69) is 10.5 Å². The summed E-state index contributed by atoms with van der Waals surface area (Å²) in [4.78, 5) is 12.3. The lowest BCUT2D eigenvalue weighted by molar-refractivity contribution is 0.0955. The van der Waals surface area contributed by atoms with E-state index in [9.17, 15) is 4.79 Å². The normalized spacial score (nSPS) is 11.3.